The molecule has 1 aliphatic heterocycles. The highest BCUT2D eigenvalue weighted by Crippen LogP contribution is 2.31. The first kappa shape index (κ1) is 13.4. The fraction of sp³-hybridized carbons (Fsp3) is 0.600. The summed E-state index contributed by atoms with van der Waals surface area (Å²) in [4.78, 5) is 7.37. The van der Waals surface area contributed by atoms with Gasteiger partial charge in [-0.25, -0.2) is 5.90 Å². The maximum absolute atomic E-state index is 5.27. The molecule has 1 aromatic rings. The van der Waals surface area contributed by atoms with Gasteiger partial charge in [0.1, 0.15) is 0 Å². The van der Waals surface area contributed by atoms with Gasteiger partial charge in [-0.05, 0) is 36.8 Å². The largest absolute Gasteiger partial charge is 0.366 e. The van der Waals surface area contributed by atoms with Gasteiger partial charge in [0, 0.05) is 12.2 Å². The van der Waals surface area contributed by atoms with Gasteiger partial charge in [0.05, 0.1) is 12.6 Å². The van der Waals surface area contributed by atoms with E-state index in [1.165, 1.54) is 30.5 Å². The third-order valence-corrected chi connectivity index (χ3v) is 3.78. The number of benzene rings is 1. The summed E-state index contributed by atoms with van der Waals surface area (Å²) in [5, 5.41) is 0. The molecule has 18 heavy (non-hydrogen) atoms. The molecule has 1 heterocycles. The number of rotatable bonds is 4. The molecule has 1 aromatic carbocycles. The Balaban J connectivity index is 2.27. The second-order valence-corrected chi connectivity index (χ2v) is 5.39. The summed E-state index contributed by atoms with van der Waals surface area (Å²) < 4.78 is 0. The molecule has 1 aliphatic rings. The van der Waals surface area contributed by atoms with Crippen molar-refractivity contribution in [3.63, 3.8) is 0 Å². The number of hydrogen-bond donors (Lipinski definition) is 1. The molecule has 1 unspecified atom stereocenters. The van der Waals surface area contributed by atoms with Gasteiger partial charge in [0.25, 0.3) is 0 Å². The van der Waals surface area contributed by atoms with E-state index >= 15 is 0 Å². The SMILES string of the molecule is CC(C)c1ccccc1N1CCCCC1CON. The van der Waals surface area contributed by atoms with E-state index in [1.54, 1.807) is 0 Å². The van der Waals surface area contributed by atoms with Gasteiger partial charge in [-0.3, -0.25) is 0 Å². The highest BCUT2D eigenvalue weighted by molar-refractivity contribution is 5.56. The fourth-order valence-corrected chi connectivity index (χ4v) is 2.84. The summed E-state index contributed by atoms with van der Waals surface area (Å²) in [7, 11) is 0. The Morgan fingerprint density at radius 2 is 2.11 bits per heavy atom. The van der Waals surface area contributed by atoms with E-state index in [9.17, 15) is 0 Å². The monoisotopic (exact) mass is 248 g/mol. The summed E-state index contributed by atoms with van der Waals surface area (Å²) in [6, 6.07) is 9.12. The summed E-state index contributed by atoms with van der Waals surface area (Å²) >= 11 is 0. The van der Waals surface area contributed by atoms with E-state index in [-0.39, 0.29) is 0 Å². The Labute approximate surface area is 110 Å². The standard InChI is InChI=1S/C15H24N2O/c1-12(2)14-8-3-4-9-15(14)17-10-6-5-7-13(17)11-18-16/h3-4,8-9,12-13H,5-7,10-11,16H2,1-2H3. The van der Waals surface area contributed by atoms with Crippen LogP contribution in [-0.2, 0) is 4.84 Å². The summed E-state index contributed by atoms with van der Waals surface area (Å²) in [6.07, 6.45) is 3.70. The Hall–Kier alpha value is -1.06. The van der Waals surface area contributed by atoms with Crippen molar-refractivity contribution in [1.82, 2.24) is 0 Å². The van der Waals surface area contributed by atoms with Crippen LogP contribution >= 0.6 is 0 Å². The van der Waals surface area contributed by atoms with Crippen LogP contribution in [0.2, 0.25) is 0 Å². The first-order valence-corrected chi connectivity index (χ1v) is 6.91. The molecule has 0 radical (unpaired) electrons. The van der Waals surface area contributed by atoms with Crippen molar-refractivity contribution < 1.29 is 4.84 Å². The predicted octanol–water partition coefficient (Wildman–Crippen LogP) is 3.06. The lowest BCUT2D eigenvalue weighted by Crippen LogP contribution is -2.43. The molecular weight excluding hydrogens is 224 g/mol. The lowest BCUT2D eigenvalue weighted by atomic mass is 9.96. The summed E-state index contributed by atoms with van der Waals surface area (Å²) in [5.74, 6) is 5.81. The molecule has 0 bridgehead atoms. The zero-order valence-corrected chi connectivity index (χ0v) is 11.4. The van der Waals surface area contributed by atoms with Crippen LogP contribution in [0, 0.1) is 0 Å². The minimum atomic E-state index is 0.420. The average Bonchev–Trinajstić information content (AvgIpc) is 2.40. The quantitative estimate of drug-likeness (QED) is 0.832. The zero-order chi connectivity index (χ0) is 13.0. The number of hydrogen-bond acceptors (Lipinski definition) is 3. The lowest BCUT2D eigenvalue weighted by molar-refractivity contribution is 0.114. The molecule has 100 valence electrons. The van der Waals surface area contributed by atoms with Crippen molar-refractivity contribution in [3.8, 4) is 0 Å². The van der Waals surface area contributed by atoms with Crippen LogP contribution in [0.15, 0.2) is 24.3 Å². The molecule has 0 aromatic heterocycles. The van der Waals surface area contributed by atoms with Gasteiger partial charge in [-0.15, -0.1) is 0 Å². The van der Waals surface area contributed by atoms with Crippen LogP contribution in [0.5, 0.6) is 0 Å². The maximum atomic E-state index is 5.27. The van der Waals surface area contributed by atoms with Crippen LogP contribution in [0.1, 0.15) is 44.6 Å². The van der Waals surface area contributed by atoms with Crippen LogP contribution < -0.4 is 10.8 Å². The van der Waals surface area contributed by atoms with E-state index in [0.29, 0.717) is 18.6 Å². The third-order valence-electron chi connectivity index (χ3n) is 3.78. The van der Waals surface area contributed by atoms with Crippen molar-refractivity contribution in [2.75, 3.05) is 18.1 Å². The minimum Gasteiger partial charge on any atom is -0.366 e. The van der Waals surface area contributed by atoms with Gasteiger partial charge in [0.2, 0.25) is 0 Å². The molecule has 2 N–H and O–H groups in total. The molecule has 3 heteroatoms. The first-order chi connectivity index (χ1) is 8.74. The predicted molar refractivity (Wildman–Crippen MR) is 75.7 cm³/mol. The minimum absolute atomic E-state index is 0.420. The van der Waals surface area contributed by atoms with Gasteiger partial charge in [-0.1, -0.05) is 32.0 Å². The number of nitrogens with two attached hydrogens (primary N) is 1. The second kappa shape index (κ2) is 6.21. The van der Waals surface area contributed by atoms with Crippen molar-refractivity contribution in [3.05, 3.63) is 29.8 Å². The maximum Gasteiger partial charge on any atom is 0.0882 e. The highest BCUT2D eigenvalue weighted by Gasteiger charge is 2.24. The number of nitrogens with zero attached hydrogens (tertiary/aromatic N) is 1. The van der Waals surface area contributed by atoms with Crippen LogP contribution in [-0.4, -0.2) is 19.2 Å². The van der Waals surface area contributed by atoms with Gasteiger partial charge < -0.3 is 9.74 Å². The fourth-order valence-electron chi connectivity index (χ4n) is 2.84. The first-order valence-electron chi connectivity index (χ1n) is 6.91. The molecule has 1 atom stereocenters. The molecule has 3 nitrogen and oxygen atoms in total. The third kappa shape index (κ3) is 2.85. The van der Waals surface area contributed by atoms with E-state index in [2.05, 4.69) is 43.0 Å². The molecular formula is C15H24N2O. The van der Waals surface area contributed by atoms with Crippen molar-refractivity contribution >= 4 is 5.69 Å². The lowest BCUT2D eigenvalue weighted by Gasteiger charge is -2.38. The second-order valence-electron chi connectivity index (χ2n) is 5.39. The van der Waals surface area contributed by atoms with Crippen LogP contribution in [0.3, 0.4) is 0 Å². The van der Waals surface area contributed by atoms with E-state index < -0.39 is 0 Å². The number of piperidine rings is 1. The van der Waals surface area contributed by atoms with Crippen LogP contribution in [0.25, 0.3) is 0 Å². The summed E-state index contributed by atoms with van der Waals surface area (Å²) in [6.45, 7) is 6.22. The molecule has 2 rings (SSSR count). The molecule has 0 spiro atoms. The van der Waals surface area contributed by atoms with Crippen molar-refractivity contribution in [1.29, 1.82) is 0 Å². The van der Waals surface area contributed by atoms with Gasteiger partial charge in [-0.2, -0.15) is 0 Å². The molecule has 1 saturated heterocycles. The van der Waals surface area contributed by atoms with E-state index in [0.717, 1.165) is 6.54 Å². The van der Waals surface area contributed by atoms with E-state index in [1.807, 2.05) is 0 Å². The summed E-state index contributed by atoms with van der Waals surface area (Å²) in [5.41, 5.74) is 2.77. The Morgan fingerprint density at radius 3 is 2.83 bits per heavy atom. The highest BCUT2D eigenvalue weighted by atomic mass is 16.6. The number of anilines is 1. The van der Waals surface area contributed by atoms with Crippen molar-refractivity contribution in [2.24, 2.45) is 5.90 Å². The van der Waals surface area contributed by atoms with Gasteiger partial charge in [0.15, 0.2) is 0 Å². The van der Waals surface area contributed by atoms with Crippen molar-refractivity contribution in [2.45, 2.75) is 45.1 Å². The Bertz CT molecular complexity index is 377. The smallest absolute Gasteiger partial charge is 0.0882 e. The van der Waals surface area contributed by atoms with Crippen LogP contribution in [0.4, 0.5) is 5.69 Å². The van der Waals surface area contributed by atoms with Gasteiger partial charge >= 0.3 is 0 Å². The molecule has 0 aliphatic carbocycles. The Morgan fingerprint density at radius 1 is 1.33 bits per heavy atom. The number of para-hydroxylation sites is 1. The topological polar surface area (TPSA) is 38.5 Å². The normalized spacial score (nSPS) is 20.4. The zero-order valence-electron chi connectivity index (χ0n) is 11.4. The molecule has 0 saturated carbocycles. The average molecular weight is 248 g/mol. The molecule has 1 fully saturated rings. The molecule has 0 amide bonds. The van der Waals surface area contributed by atoms with E-state index in [4.69, 9.17) is 10.7 Å². The Kier molecular flexibility index (Phi) is 4.61.